The lowest BCUT2D eigenvalue weighted by atomic mass is 9.67. The van der Waals surface area contributed by atoms with E-state index in [9.17, 15) is 0 Å². The van der Waals surface area contributed by atoms with Crippen molar-refractivity contribution in [2.75, 3.05) is 5.33 Å². The number of thiophene rings is 1. The van der Waals surface area contributed by atoms with Crippen LogP contribution in [0.1, 0.15) is 31.2 Å². The predicted molar refractivity (Wildman–Crippen MR) is 62.7 cm³/mol. The molecule has 1 heterocycles. The van der Waals surface area contributed by atoms with Crippen molar-refractivity contribution >= 4 is 27.3 Å². The van der Waals surface area contributed by atoms with Crippen LogP contribution in [0.4, 0.5) is 0 Å². The Kier molecular flexibility index (Phi) is 3.10. The summed E-state index contributed by atoms with van der Waals surface area (Å²) in [7, 11) is 0. The monoisotopic (exact) mass is 258 g/mol. The van der Waals surface area contributed by atoms with Gasteiger partial charge in [-0.2, -0.15) is 11.3 Å². The van der Waals surface area contributed by atoms with Gasteiger partial charge in [0.05, 0.1) is 0 Å². The van der Waals surface area contributed by atoms with Gasteiger partial charge in [-0.1, -0.05) is 22.4 Å². The molecule has 1 aliphatic carbocycles. The Morgan fingerprint density at radius 3 is 2.77 bits per heavy atom. The normalized spacial score (nSPS) is 19.8. The molecule has 2 rings (SSSR count). The molecule has 0 radical (unpaired) electrons. The lowest BCUT2D eigenvalue weighted by Crippen LogP contribution is -2.31. The first-order valence-electron chi connectivity index (χ1n) is 4.92. The van der Waals surface area contributed by atoms with Crippen LogP contribution >= 0.6 is 27.3 Å². The first-order chi connectivity index (χ1) is 6.35. The van der Waals surface area contributed by atoms with Crippen LogP contribution < -0.4 is 0 Å². The summed E-state index contributed by atoms with van der Waals surface area (Å²) in [5, 5.41) is 5.65. The maximum Gasteiger partial charge on any atom is 0.00880 e. The van der Waals surface area contributed by atoms with E-state index in [1.54, 1.807) is 0 Å². The van der Waals surface area contributed by atoms with Gasteiger partial charge >= 0.3 is 0 Å². The van der Waals surface area contributed by atoms with Crippen LogP contribution in [0.2, 0.25) is 0 Å². The van der Waals surface area contributed by atoms with Crippen LogP contribution in [0.15, 0.2) is 16.8 Å². The zero-order chi connectivity index (χ0) is 9.15. The molecule has 0 saturated heterocycles. The number of alkyl halides is 1. The van der Waals surface area contributed by atoms with Gasteiger partial charge in [-0.15, -0.1) is 0 Å². The van der Waals surface area contributed by atoms with Crippen molar-refractivity contribution in [1.82, 2.24) is 0 Å². The summed E-state index contributed by atoms with van der Waals surface area (Å²) in [5.74, 6) is 0. The fourth-order valence-electron chi connectivity index (χ4n) is 1.97. The van der Waals surface area contributed by atoms with Gasteiger partial charge in [0.15, 0.2) is 0 Å². The molecule has 0 N–H and O–H groups in total. The second-order valence-corrected chi connectivity index (χ2v) is 5.46. The maximum atomic E-state index is 3.65. The van der Waals surface area contributed by atoms with E-state index in [2.05, 4.69) is 32.8 Å². The van der Waals surface area contributed by atoms with Crippen molar-refractivity contribution < 1.29 is 0 Å². The fraction of sp³-hybridized carbons (Fsp3) is 0.636. The predicted octanol–water partition coefficient (Wildman–Crippen LogP) is 4.25. The number of hydrogen-bond donors (Lipinski definition) is 0. The molecule has 0 aromatic carbocycles. The van der Waals surface area contributed by atoms with Gasteiger partial charge in [0.25, 0.3) is 0 Å². The van der Waals surface area contributed by atoms with Gasteiger partial charge in [-0.3, -0.25) is 0 Å². The molecular weight excluding hydrogens is 244 g/mol. The molecule has 0 nitrogen and oxygen atoms in total. The zero-order valence-corrected chi connectivity index (χ0v) is 10.2. The SMILES string of the molecule is BrCC1(CCc2ccsc2)CCC1. The standard InChI is InChI=1S/C11H15BrS/c12-9-11(4-1-5-11)6-2-10-3-7-13-8-10/h3,7-8H,1-2,4-6,9H2. The minimum Gasteiger partial charge on any atom is -0.152 e. The van der Waals surface area contributed by atoms with E-state index in [1.165, 1.54) is 43.0 Å². The number of aryl methyl sites for hydroxylation is 1. The molecule has 72 valence electrons. The van der Waals surface area contributed by atoms with E-state index in [1.807, 2.05) is 11.3 Å². The highest BCUT2D eigenvalue weighted by molar-refractivity contribution is 9.09. The molecule has 0 unspecified atom stereocenters. The molecule has 13 heavy (non-hydrogen) atoms. The van der Waals surface area contributed by atoms with Crippen molar-refractivity contribution in [1.29, 1.82) is 0 Å². The average molecular weight is 259 g/mol. The summed E-state index contributed by atoms with van der Waals surface area (Å²) in [4.78, 5) is 0. The van der Waals surface area contributed by atoms with Gasteiger partial charge in [0.2, 0.25) is 0 Å². The summed E-state index contributed by atoms with van der Waals surface area (Å²) in [6.07, 6.45) is 6.95. The summed E-state index contributed by atoms with van der Waals surface area (Å²) in [6, 6.07) is 2.26. The van der Waals surface area contributed by atoms with Crippen molar-refractivity contribution in [2.45, 2.75) is 32.1 Å². The van der Waals surface area contributed by atoms with Crippen molar-refractivity contribution in [2.24, 2.45) is 5.41 Å². The first kappa shape index (κ1) is 9.72. The Bertz CT molecular complexity index is 244. The largest absolute Gasteiger partial charge is 0.152 e. The van der Waals surface area contributed by atoms with Gasteiger partial charge in [-0.25, -0.2) is 0 Å². The molecule has 1 aromatic rings. The van der Waals surface area contributed by atoms with Crippen LogP contribution in [0.3, 0.4) is 0 Å². The Balaban J connectivity index is 1.84. The molecule has 0 atom stereocenters. The summed E-state index contributed by atoms with van der Waals surface area (Å²) >= 11 is 5.46. The third kappa shape index (κ3) is 2.16. The summed E-state index contributed by atoms with van der Waals surface area (Å²) < 4.78 is 0. The lowest BCUT2D eigenvalue weighted by molar-refractivity contribution is 0.155. The summed E-state index contributed by atoms with van der Waals surface area (Å²) in [6.45, 7) is 0. The molecule has 1 fully saturated rings. The van der Waals surface area contributed by atoms with E-state index < -0.39 is 0 Å². The minimum absolute atomic E-state index is 0.655. The molecule has 0 aliphatic heterocycles. The fourth-order valence-corrected chi connectivity index (χ4v) is 3.52. The molecular formula is C11H15BrS. The van der Waals surface area contributed by atoms with Crippen LogP contribution in [0.5, 0.6) is 0 Å². The molecule has 0 amide bonds. The quantitative estimate of drug-likeness (QED) is 0.709. The van der Waals surface area contributed by atoms with Crippen LogP contribution in [-0.2, 0) is 6.42 Å². The van der Waals surface area contributed by atoms with Crippen LogP contribution in [-0.4, -0.2) is 5.33 Å². The summed E-state index contributed by atoms with van der Waals surface area (Å²) in [5.41, 5.74) is 2.18. The molecule has 0 spiro atoms. The van der Waals surface area contributed by atoms with Gasteiger partial charge in [0.1, 0.15) is 0 Å². The number of halogens is 1. The van der Waals surface area contributed by atoms with Crippen molar-refractivity contribution in [3.8, 4) is 0 Å². The number of hydrogen-bond acceptors (Lipinski definition) is 1. The van der Waals surface area contributed by atoms with Gasteiger partial charge in [0, 0.05) is 5.33 Å². The lowest BCUT2D eigenvalue weighted by Gasteiger charge is -2.40. The van der Waals surface area contributed by atoms with Gasteiger partial charge in [-0.05, 0) is 53.5 Å². The second kappa shape index (κ2) is 4.14. The molecule has 1 saturated carbocycles. The van der Waals surface area contributed by atoms with E-state index in [0.29, 0.717) is 5.41 Å². The number of rotatable bonds is 4. The highest BCUT2D eigenvalue weighted by atomic mass is 79.9. The Hall–Kier alpha value is 0.180. The Morgan fingerprint density at radius 1 is 1.46 bits per heavy atom. The topological polar surface area (TPSA) is 0 Å². The highest BCUT2D eigenvalue weighted by Crippen LogP contribution is 2.45. The molecule has 1 aromatic heterocycles. The third-order valence-corrected chi connectivity index (χ3v) is 5.14. The van der Waals surface area contributed by atoms with Gasteiger partial charge < -0.3 is 0 Å². The van der Waals surface area contributed by atoms with Crippen molar-refractivity contribution in [3.05, 3.63) is 22.4 Å². The Labute approximate surface area is 92.5 Å². The smallest absolute Gasteiger partial charge is 0.00880 e. The highest BCUT2D eigenvalue weighted by Gasteiger charge is 2.34. The average Bonchev–Trinajstić information content (AvgIpc) is 2.56. The van der Waals surface area contributed by atoms with Crippen molar-refractivity contribution in [3.63, 3.8) is 0 Å². The van der Waals surface area contributed by atoms with E-state index in [0.717, 1.165) is 0 Å². The van der Waals surface area contributed by atoms with Crippen LogP contribution in [0, 0.1) is 5.41 Å². The molecule has 1 aliphatic rings. The van der Waals surface area contributed by atoms with E-state index in [-0.39, 0.29) is 0 Å². The molecule has 2 heteroatoms. The minimum atomic E-state index is 0.655. The molecule has 0 bridgehead atoms. The Morgan fingerprint density at radius 2 is 2.31 bits per heavy atom. The third-order valence-electron chi connectivity index (χ3n) is 3.22. The maximum absolute atomic E-state index is 3.65. The second-order valence-electron chi connectivity index (χ2n) is 4.12. The zero-order valence-electron chi connectivity index (χ0n) is 7.76. The van der Waals surface area contributed by atoms with Crippen LogP contribution in [0.25, 0.3) is 0 Å². The first-order valence-corrected chi connectivity index (χ1v) is 6.98. The van der Waals surface area contributed by atoms with E-state index in [4.69, 9.17) is 0 Å². The van der Waals surface area contributed by atoms with E-state index >= 15 is 0 Å².